The highest BCUT2D eigenvalue weighted by Crippen LogP contribution is 2.38. The minimum atomic E-state index is 0.428. The summed E-state index contributed by atoms with van der Waals surface area (Å²) in [4.78, 5) is 3.23. The normalized spacial score (nSPS) is 26.5. The quantitative estimate of drug-likeness (QED) is 0.674. The Hall–Kier alpha value is -2.36. The first kappa shape index (κ1) is 17.7. The molecule has 0 saturated carbocycles. The first-order chi connectivity index (χ1) is 13.7. The molecule has 28 heavy (non-hydrogen) atoms. The van der Waals surface area contributed by atoms with Gasteiger partial charge >= 0.3 is 0 Å². The molecule has 2 N–H and O–H groups in total. The van der Waals surface area contributed by atoms with Crippen LogP contribution in [0.15, 0.2) is 60.7 Å². The Morgan fingerprint density at radius 2 is 1.07 bits per heavy atom. The number of benzene rings is 2. The molecular formula is C25H31N3+2. The second-order valence-electron chi connectivity index (χ2n) is 8.66. The van der Waals surface area contributed by atoms with Crippen molar-refractivity contribution in [2.75, 3.05) is 27.2 Å². The molecular weight excluding hydrogens is 342 g/mol. The van der Waals surface area contributed by atoms with Crippen LogP contribution >= 0.6 is 0 Å². The van der Waals surface area contributed by atoms with Crippen LogP contribution in [0.4, 0.5) is 0 Å². The Bertz CT molecular complexity index is 895. The zero-order valence-electron chi connectivity index (χ0n) is 17.2. The van der Waals surface area contributed by atoms with Crippen LogP contribution in [0.3, 0.4) is 0 Å². The van der Waals surface area contributed by atoms with Crippen molar-refractivity contribution in [3.63, 3.8) is 0 Å². The second-order valence-corrected chi connectivity index (χ2v) is 8.66. The van der Waals surface area contributed by atoms with E-state index < -0.39 is 0 Å². The maximum absolute atomic E-state index is 2.55. The summed E-state index contributed by atoms with van der Waals surface area (Å²) in [6.45, 7) is 2.39. The lowest BCUT2D eigenvalue weighted by Gasteiger charge is -2.35. The van der Waals surface area contributed by atoms with E-state index in [0.717, 1.165) is 0 Å². The zero-order chi connectivity index (χ0) is 19.3. The highest BCUT2D eigenvalue weighted by atomic mass is 15.2. The molecule has 0 amide bonds. The summed E-state index contributed by atoms with van der Waals surface area (Å²) in [5.74, 6) is 0. The van der Waals surface area contributed by atoms with Crippen LogP contribution < -0.4 is 9.80 Å². The third-order valence-electron chi connectivity index (χ3n) is 7.06. The number of nitrogens with one attached hydrogen (secondary N) is 2. The number of hydrogen-bond donors (Lipinski definition) is 2. The molecule has 144 valence electrons. The summed E-state index contributed by atoms with van der Waals surface area (Å²) in [6.07, 6.45) is 2.35. The molecule has 0 radical (unpaired) electrons. The minimum absolute atomic E-state index is 0.428. The van der Waals surface area contributed by atoms with E-state index >= 15 is 0 Å². The lowest BCUT2D eigenvalue weighted by molar-refractivity contribution is -0.912. The number of fused-ring (bicyclic) bond motifs is 3. The highest BCUT2D eigenvalue weighted by Gasteiger charge is 2.43. The number of hydrogen-bond acceptors (Lipinski definition) is 0. The Morgan fingerprint density at radius 1 is 0.679 bits per heavy atom. The van der Waals surface area contributed by atoms with Gasteiger partial charge in [0.2, 0.25) is 0 Å². The van der Waals surface area contributed by atoms with Gasteiger partial charge in [0.1, 0.15) is 12.1 Å². The van der Waals surface area contributed by atoms with Crippen LogP contribution in [0.2, 0.25) is 0 Å². The van der Waals surface area contributed by atoms with Gasteiger partial charge in [0, 0.05) is 53.5 Å². The highest BCUT2D eigenvalue weighted by molar-refractivity contribution is 5.49. The Balaban J connectivity index is 1.76. The molecule has 2 aliphatic heterocycles. The van der Waals surface area contributed by atoms with E-state index in [2.05, 4.69) is 86.4 Å². The molecule has 2 aliphatic rings. The standard InChI is InChI=1S/C25H29N3/c1-26-16-14-20-22(24(26)18-10-6-4-7-11-18)23-21(28(20)3)15-17-27(2)25(23)19-12-8-5-9-13-19/h4-13,24-25H,14-17H2,1-3H3/p+2/t24-,25-/m1/s1. The van der Waals surface area contributed by atoms with Crippen molar-refractivity contribution in [3.8, 4) is 0 Å². The van der Waals surface area contributed by atoms with Gasteiger partial charge in [-0.1, -0.05) is 60.7 Å². The molecule has 0 bridgehead atoms. The fourth-order valence-corrected chi connectivity index (χ4v) is 5.69. The first-order valence-corrected chi connectivity index (χ1v) is 10.6. The molecule has 0 spiro atoms. The summed E-state index contributed by atoms with van der Waals surface area (Å²) >= 11 is 0. The van der Waals surface area contributed by atoms with E-state index in [4.69, 9.17) is 0 Å². The smallest absolute Gasteiger partial charge is 0.141 e. The molecule has 2 aromatic carbocycles. The van der Waals surface area contributed by atoms with E-state index in [1.807, 2.05) is 0 Å². The Labute approximate surface area is 168 Å². The van der Waals surface area contributed by atoms with Crippen LogP contribution in [0.5, 0.6) is 0 Å². The minimum Gasteiger partial charge on any atom is -0.350 e. The van der Waals surface area contributed by atoms with E-state index in [-0.39, 0.29) is 0 Å². The molecule has 3 heterocycles. The number of nitrogens with zero attached hydrogens (tertiary/aromatic N) is 1. The summed E-state index contributed by atoms with van der Waals surface area (Å²) in [6, 6.07) is 23.2. The van der Waals surface area contributed by atoms with Crippen LogP contribution in [-0.4, -0.2) is 31.8 Å². The Morgan fingerprint density at radius 3 is 1.46 bits per heavy atom. The second kappa shape index (κ2) is 6.91. The number of rotatable bonds is 2. The van der Waals surface area contributed by atoms with Gasteiger partial charge in [-0.3, -0.25) is 0 Å². The molecule has 0 fully saturated rings. The first-order valence-electron chi connectivity index (χ1n) is 10.6. The van der Waals surface area contributed by atoms with Crippen LogP contribution in [0.1, 0.15) is 45.7 Å². The van der Waals surface area contributed by atoms with Crippen molar-refractivity contribution < 1.29 is 9.80 Å². The van der Waals surface area contributed by atoms with Gasteiger partial charge in [-0.15, -0.1) is 0 Å². The van der Waals surface area contributed by atoms with Gasteiger partial charge in [0.25, 0.3) is 0 Å². The molecule has 3 nitrogen and oxygen atoms in total. The number of quaternary nitrogens is 2. The zero-order valence-corrected chi connectivity index (χ0v) is 17.2. The third kappa shape index (κ3) is 2.65. The monoisotopic (exact) mass is 373 g/mol. The van der Waals surface area contributed by atoms with E-state index in [9.17, 15) is 0 Å². The van der Waals surface area contributed by atoms with Crippen LogP contribution in [-0.2, 0) is 19.9 Å². The fourth-order valence-electron chi connectivity index (χ4n) is 5.69. The molecule has 5 rings (SSSR count). The van der Waals surface area contributed by atoms with Gasteiger partial charge in [0.15, 0.2) is 0 Å². The van der Waals surface area contributed by atoms with Crippen molar-refractivity contribution in [1.82, 2.24) is 4.57 Å². The summed E-state index contributed by atoms with van der Waals surface area (Å²) in [5.41, 5.74) is 9.26. The maximum Gasteiger partial charge on any atom is 0.141 e. The molecule has 3 heteroatoms. The average Bonchev–Trinajstić information content (AvgIpc) is 3.01. The van der Waals surface area contributed by atoms with Gasteiger partial charge in [0.05, 0.1) is 27.2 Å². The largest absolute Gasteiger partial charge is 0.350 e. The summed E-state index contributed by atoms with van der Waals surface area (Å²) < 4.78 is 2.55. The van der Waals surface area contributed by atoms with Gasteiger partial charge in [-0.2, -0.15) is 0 Å². The predicted molar refractivity (Wildman–Crippen MR) is 113 cm³/mol. The third-order valence-corrected chi connectivity index (χ3v) is 7.06. The van der Waals surface area contributed by atoms with E-state index in [0.29, 0.717) is 12.1 Å². The topological polar surface area (TPSA) is 13.8 Å². The lowest BCUT2D eigenvalue weighted by Crippen LogP contribution is -3.11. The van der Waals surface area contributed by atoms with Crippen LogP contribution in [0.25, 0.3) is 0 Å². The molecule has 2 unspecified atom stereocenters. The molecule has 1 aromatic heterocycles. The van der Waals surface area contributed by atoms with Crippen molar-refractivity contribution in [1.29, 1.82) is 0 Å². The fraction of sp³-hybridized carbons (Fsp3) is 0.360. The van der Waals surface area contributed by atoms with Crippen molar-refractivity contribution in [2.45, 2.75) is 24.9 Å². The Kier molecular flexibility index (Phi) is 4.37. The van der Waals surface area contributed by atoms with Crippen molar-refractivity contribution in [2.24, 2.45) is 7.05 Å². The van der Waals surface area contributed by atoms with E-state index in [1.165, 1.54) is 37.1 Å². The maximum atomic E-state index is 2.55. The summed E-state index contributed by atoms with van der Waals surface area (Å²) in [5, 5.41) is 0. The number of aromatic nitrogens is 1. The predicted octanol–water partition coefficient (Wildman–Crippen LogP) is 1.35. The lowest BCUT2D eigenvalue weighted by atomic mass is 9.83. The van der Waals surface area contributed by atoms with Crippen molar-refractivity contribution >= 4 is 0 Å². The molecule has 0 aliphatic carbocycles. The molecule has 0 saturated heterocycles. The van der Waals surface area contributed by atoms with Gasteiger partial charge in [-0.05, 0) is 0 Å². The number of likely N-dealkylation sites (N-methyl/N-ethyl adjacent to an activating group) is 2. The average molecular weight is 374 g/mol. The van der Waals surface area contributed by atoms with Crippen molar-refractivity contribution in [3.05, 3.63) is 94.3 Å². The van der Waals surface area contributed by atoms with Gasteiger partial charge < -0.3 is 14.4 Å². The SMILES string of the molecule is Cn1c2c(c3c1CC[NH+](C)[C@@H]3c1ccccc1)[C@@H](c1ccccc1)[NH+](C)CC2. The summed E-state index contributed by atoms with van der Waals surface area (Å²) in [7, 11) is 7.05. The molecule has 3 aromatic rings. The molecule has 4 atom stereocenters. The van der Waals surface area contributed by atoms with Gasteiger partial charge in [-0.25, -0.2) is 0 Å². The van der Waals surface area contributed by atoms with E-state index in [1.54, 1.807) is 32.3 Å². The van der Waals surface area contributed by atoms with Crippen LogP contribution in [0, 0.1) is 0 Å².